The Morgan fingerprint density at radius 2 is 2.25 bits per heavy atom. The summed E-state index contributed by atoms with van der Waals surface area (Å²) < 4.78 is 5.50. The van der Waals surface area contributed by atoms with Gasteiger partial charge in [0.05, 0.1) is 17.6 Å². The highest BCUT2D eigenvalue weighted by Gasteiger charge is 2.18. The quantitative estimate of drug-likeness (QED) is 0.449. The standard InChI is InChI=1S/C14H20N2O4/c1-4-7-15(8-9-17)12-5-6-13(16(18)19)14(10-12)20-11(2)3/h4-6,10-11,17H,1,7-9H2,2-3H3. The van der Waals surface area contributed by atoms with Crippen LogP contribution in [0.5, 0.6) is 5.75 Å². The van der Waals surface area contributed by atoms with Crippen molar-refractivity contribution in [3.05, 3.63) is 41.0 Å². The van der Waals surface area contributed by atoms with Gasteiger partial charge in [-0.25, -0.2) is 0 Å². The van der Waals surface area contributed by atoms with Crippen molar-refractivity contribution in [3.63, 3.8) is 0 Å². The molecule has 0 bridgehead atoms. The Labute approximate surface area is 118 Å². The second-order valence-electron chi connectivity index (χ2n) is 4.53. The van der Waals surface area contributed by atoms with Crippen molar-refractivity contribution in [1.82, 2.24) is 0 Å². The molecule has 0 spiro atoms. The molecule has 0 radical (unpaired) electrons. The molecule has 0 fully saturated rings. The van der Waals surface area contributed by atoms with E-state index in [4.69, 9.17) is 9.84 Å². The predicted octanol–water partition coefficient (Wildman–Crippen LogP) is 2.37. The van der Waals surface area contributed by atoms with Crippen molar-refractivity contribution < 1.29 is 14.8 Å². The molecule has 0 heterocycles. The smallest absolute Gasteiger partial charge is 0.311 e. The van der Waals surface area contributed by atoms with Crippen LogP contribution in [-0.2, 0) is 0 Å². The number of rotatable bonds is 8. The van der Waals surface area contributed by atoms with Crippen LogP contribution in [0.3, 0.4) is 0 Å². The number of aliphatic hydroxyl groups is 1. The zero-order chi connectivity index (χ0) is 15.1. The van der Waals surface area contributed by atoms with Gasteiger partial charge in [0.15, 0.2) is 5.75 Å². The summed E-state index contributed by atoms with van der Waals surface area (Å²) in [6, 6.07) is 4.68. The summed E-state index contributed by atoms with van der Waals surface area (Å²) in [4.78, 5) is 12.4. The lowest BCUT2D eigenvalue weighted by Crippen LogP contribution is -2.26. The van der Waals surface area contributed by atoms with Gasteiger partial charge in [-0.1, -0.05) is 6.08 Å². The van der Waals surface area contributed by atoms with Gasteiger partial charge in [0.1, 0.15) is 0 Å². The fourth-order valence-electron chi connectivity index (χ4n) is 1.80. The molecule has 1 rings (SSSR count). The first-order valence-corrected chi connectivity index (χ1v) is 6.41. The number of hydrogen-bond acceptors (Lipinski definition) is 5. The number of nitro groups is 1. The van der Waals surface area contributed by atoms with Crippen LogP contribution >= 0.6 is 0 Å². The van der Waals surface area contributed by atoms with Crippen molar-refractivity contribution >= 4 is 11.4 Å². The Kier molecular flexibility index (Phi) is 5.99. The lowest BCUT2D eigenvalue weighted by Gasteiger charge is -2.23. The first-order valence-electron chi connectivity index (χ1n) is 6.41. The number of nitrogens with zero attached hydrogens (tertiary/aromatic N) is 2. The van der Waals surface area contributed by atoms with E-state index in [0.717, 1.165) is 5.69 Å². The summed E-state index contributed by atoms with van der Waals surface area (Å²) in [7, 11) is 0. The SMILES string of the molecule is C=CCN(CCO)c1ccc([N+](=O)[O-])c(OC(C)C)c1. The van der Waals surface area contributed by atoms with Crippen LogP contribution in [0.15, 0.2) is 30.9 Å². The second-order valence-corrected chi connectivity index (χ2v) is 4.53. The maximum Gasteiger partial charge on any atom is 0.311 e. The van der Waals surface area contributed by atoms with Gasteiger partial charge in [-0.3, -0.25) is 10.1 Å². The van der Waals surface area contributed by atoms with Crippen LogP contribution in [0, 0.1) is 10.1 Å². The van der Waals surface area contributed by atoms with Crippen LogP contribution in [0.1, 0.15) is 13.8 Å². The Hall–Kier alpha value is -2.08. The van der Waals surface area contributed by atoms with Gasteiger partial charge in [-0.2, -0.15) is 0 Å². The van der Waals surface area contributed by atoms with E-state index in [-0.39, 0.29) is 24.1 Å². The molecular formula is C14H20N2O4. The maximum absolute atomic E-state index is 11.0. The number of ether oxygens (including phenoxy) is 1. The molecule has 0 aliphatic rings. The molecule has 0 aromatic heterocycles. The van der Waals surface area contributed by atoms with Gasteiger partial charge < -0.3 is 14.7 Å². The Morgan fingerprint density at radius 3 is 2.75 bits per heavy atom. The molecule has 1 aromatic carbocycles. The maximum atomic E-state index is 11.0. The van der Waals surface area contributed by atoms with Gasteiger partial charge in [0.25, 0.3) is 0 Å². The number of benzene rings is 1. The number of hydrogen-bond donors (Lipinski definition) is 1. The fourth-order valence-corrected chi connectivity index (χ4v) is 1.80. The Balaban J connectivity index is 3.15. The van der Waals surface area contributed by atoms with Gasteiger partial charge in [-0.05, 0) is 19.9 Å². The van der Waals surface area contributed by atoms with Crippen molar-refractivity contribution in [3.8, 4) is 5.75 Å². The number of nitro benzene ring substituents is 1. The summed E-state index contributed by atoms with van der Waals surface area (Å²) >= 11 is 0. The van der Waals surface area contributed by atoms with Crippen molar-refractivity contribution in [1.29, 1.82) is 0 Å². The third-order valence-corrected chi connectivity index (χ3v) is 2.59. The molecule has 0 aliphatic carbocycles. The molecule has 6 heteroatoms. The Morgan fingerprint density at radius 1 is 1.55 bits per heavy atom. The summed E-state index contributed by atoms with van der Waals surface area (Å²) in [5, 5.41) is 20.1. The van der Waals surface area contributed by atoms with E-state index in [2.05, 4.69) is 6.58 Å². The molecule has 1 aromatic rings. The predicted molar refractivity (Wildman–Crippen MR) is 78.4 cm³/mol. The molecule has 0 aliphatic heterocycles. The zero-order valence-corrected chi connectivity index (χ0v) is 11.8. The Bertz CT molecular complexity index is 474. The van der Waals surface area contributed by atoms with E-state index < -0.39 is 4.92 Å². The summed E-state index contributed by atoms with van der Waals surface area (Å²) in [5.41, 5.74) is 0.685. The molecule has 20 heavy (non-hydrogen) atoms. The molecule has 1 N–H and O–H groups in total. The van der Waals surface area contributed by atoms with Crippen LogP contribution in [0.4, 0.5) is 11.4 Å². The summed E-state index contributed by atoms with van der Waals surface area (Å²) in [6.45, 7) is 8.24. The zero-order valence-electron chi connectivity index (χ0n) is 11.8. The first kappa shape index (κ1) is 16.0. The van der Waals surface area contributed by atoms with E-state index in [1.807, 2.05) is 18.7 Å². The number of anilines is 1. The van der Waals surface area contributed by atoms with E-state index in [0.29, 0.717) is 13.1 Å². The molecule has 0 saturated heterocycles. The molecule has 0 saturated carbocycles. The highest BCUT2D eigenvalue weighted by Crippen LogP contribution is 2.32. The normalized spacial score (nSPS) is 10.4. The lowest BCUT2D eigenvalue weighted by atomic mass is 10.2. The minimum Gasteiger partial charge on any atom is -0.484 e. The van der Waals surface area contributed by atoms with Crippen LogP contribution in [0.2, 0.25) is 0 Å². The average Bonchev–Trinajstić information content (AvgIpc) is 2.37. The third kappa shape index (κ3) is 4.24. The highest BCUT2D eigenvalue weighted by atomic mass is 16.6. The minimum atomic E-state index is -0.467. The van der Waals surface area contributed by atoms with Crippen molar-refractivity contribution in [2.24, 2.45) is 0 Å². The molecule has 0 amide bonds. The van der Waals surface area contributed by atoms with Crippen molar-refractivity contribution in [2.45, 2.75) is 20.0 Å². The van der Waals surface area contributed by atoms with Gasteiger partial charge in [-0.15, -0.1) is 6.58 Å². The molecule has 6 nitrogen and oxygen atoms in total. The lowest BCUT2D eigenvalue weighted by molar-refractivity contribution is -0.386. The molecule has 110 valence electrons. The van der Waals surface area contributed by atoms with Crippen LogP contribution < -0.4 is 9.64 Å². The van der Waals surface area contributed by atoms with Gasteiger partial charge in [0.2, 0.25) is 0 Å². The summed E-state index contributed by atoms with van der Waals surface area (Å²) in [6.07, 6.45) is 1.55. The van der Waals surface area contributed by atoms with E-state index in [1.165, 1.54) is 6.07 Å². The largest absolute Gasteiger partial charge is 0.484 e. The van der Waals surface area contributed by atoms with Crippen molar-refractivity contribution in [2.75, 3.05) is 24.6 Å². The van der Waals surface area contributed by atoms with E-state index >= 15 is 0 Å². The molecule has 0 unspecified atom stereocenters. The average molecular weight is 280 g/mol. The van der Waals surface area contributed by atoms with Crippen LogP contribution in [0.25, 0.3) is 0 Å². The van der Waals surface area contributed by atoms with E-state index in [9.17, 15) is 10.1 Å². The first-order chi connectivity index (χ1) is 9.49. The summed E-state index contributed by atoms with van der Waals surface area (Å²) in [5.74, 6) is 0.231. The molecular weight excluding hydrogens is 260 g/mol. The molecule has 0 atom stereocenters. The van der Waals surface area contributed by atoms with Crippen LogP contribution in [-0.4, -0.2) is 35.8 Å². The minimum absolute atomic E-state index is 0.00873. The topological polar surface area (TPSA) is 75.8 Å². The number of aliphatic hydroxyl groups excluding tert-OH is 1. The van der Waals surface area contributed by atoms with Gasteiger partial charge in [0, 0.05) is 30.9 Å². The van der Waals surface area contributed by atoms with Gasteiger partial charge >= 0.3 is 5.69 Å². The monoisotopic (exact) mass is 280 g/mol. The second kappa shape index (κ2) is 7.49. The van der Waals surface area contributed by atoms with E-state index in [1.54, 1.807) is 18.2 Å². The highest BCUT2D eigenvalue weighted by molar-refractivity contribution is 5.59. The fraction of sp³-hybridized carbons (Fsp3) is 0.429. The third-order valence-electron chi connectivity index (χ3n) is 2.59.